The van der Waals surface area contributed by atoms with Crippen molar-refractivity contribution in [3.8, 4) is 11.1 Å². The molecule has 0 bridgehead atoms. The first-order valence-electron chi connectivity index (χ1n) is 27.2. The minimum Gasteiger partial charge on any atom is -0.334 e. The van der Waals surface area contributed by atoms with E-state index in [0.29, 0.717) is 0 Å². The van der Waals surface area contributed by atoms with Crippen LogP contribution in [-0.4, -0.2) is 6.04 Å². The first kappa shape index (κ1) is 52.5. The third-order valence-electron chi connectivity index (χ3n) is 14.3. The van der Waals surface area contributed by atoms with Crippen molar-refractivity contribution in [2.45, 2.75) is 32.7 Å². The Balaban J connectivity index is 0.994. The van der Waals surface area contributed by atoms with Crippen LogP contribution in [0, 0.1) is 0 Å². The van der Waals surface area contributed by atoms with Crippen molar-refractivity contribution in [3.63, 3.8) is 0 Å². The Morgan fingerprint density at radius 2 is 0.886 bits per heavy atom. The molecule has 9 aromatic carbocycles. The lowest BCUT2D eigenvalue weighted by Gasteiger charge is -2.33. The van der Waals surface area contributed by atoms with Crippen molar-refractivity contribution in [1.29, 1.82) is 0 Å². The fourth-order valence-electron chi connectivity index (χ4n) is 10.4. The molecule has 0 spiro atoms. The zero-order valence-electron chi connectivity index (χ0n) is 45.1. The molecule has 1 atom stereocenters. The summed E-state index contributed by atoms with van der Waals surface area (Å²) < 4.78 is 0. The lowest BCUT2D eigenvalue weighted by atomic mass is 9.97. The summed E-state index contributed by atoms with van der Waals surface area (Å²) in [5, 5.41) is 0. The molecule has 0 aromatic heterocycles. The maximum Gasteiger partial charge on any atom is 0.0562 e. The fraction of sp³-hybridized carbons (Fsp3) is 0.0667. The quantitative estimate of drug-likeness (QED) is 0.0591. The molecule has 386 valence electrons. The average molecular weight is 1020 g/mol. The van der Waals surface area contributed by atoms with Gasteiger partial charge in [0.05, 0.1) is 6.04 Å². The van der Waals surface area contributed by atoms with E-state index < -0.39 is 0 Å². The highest BCUT2D eigenvalue weighted by molar-refractivity contribution is 5.85. The van der Waals surface area contributed by atoms with Crippen LogP contribution in [0.1, 0.15) is 37.8 Å². The Bertz CT molecular complexity index is 3590. The Morgan fingerprint density at radius 3 is 1.43 bits per heavy atom. The van der Waals surface area contributed by atoms with Crippen molar-refractivity contribution in [2.75, 3.05) is 19.6 Å². The van der Waals surface area contributed by atoms with Crippen molar-refractivity contribution in [3.05, 3.63) is 339 Å². The molecule has 1 aliphatic carbocycles. The molecule has 9 aromatic rings. The number of para-hydroxylation sites is 3. The van der Waals surface area contributed by atoms with Gasteiger partial charge in [-0.15, -0.1) is 0 Å². The molecule has 79 heavy (non-hydrogen) atoms. The number of benzene rings is 9. The summed E-state index contributed by atoms with van der Waals surface area (Å²) in [5.41, 5.74) is 19.1. The summed E-state index contributed by atoms with van der Waals surface area (Å²) >= 11 is 0. The van der Waals surface area contributed by atoms with Gasteiger partial charge in [0.2, 0.25) is 0 Å². The number of nitrogens with zero attached hydrogens (tertiary/aromatic N) is 4. The van der Waals surface area contributed by atoms with E-state index in [1.54, 1.807) is 6.08 Å². The number of anilines is 10. The van der Waals surface area contributed by atoms with E-state index in [-0.39, 0.29) is 6.04 Å². The Kier molecular flexibility index (Phi) is 17.1. The minimum atomic E-state index is 0.0751. The summed E-state index contributed by atoms with van der Waals surface area (Å²) in [6, 6.07) is 87.3. The van der Waals surface area contributed by atoms with Gasteiger partial charge in [-0.1, -0.05) is 195 Å². The molecule has 1 aliphatic rings. The van der Waals surface area contributed by atoms with Crippen molar-refractivity contribution < 1.29 is 0 Å². The topological polar surface area (TPSA) is 13.0 Å². The van der Waals surface area contributed by atoms with Crippen molar-refractivity contribution >= 4 is 68.0 Å². The molecule has 0 amide bonds. The maximum atomic E-state index is 3.92. The lowest BCUT2D eigenvalue weighted by Crippen LogP contribution is -2.29. The lowest BCUT2D eigenvalue weighted by molar-refractivity contribution is 0.804. The monoisotopic (exact) mass is 1020 g/mol. The molecule has 0 saturated heterocycles. The van der Waals surface area contributed by atoms with Gasteiger partial charge in [0.15, 0.2) is 0 Å². The van der Waals surface area contributed by atoms with Crippen LogP contribution in [-0.2, 0) is 0 Å². The van der Waals surface area contributed by atoms with Crippen LogP contribution in [0.25, 0.3) is 22.3 Å². The molecule has 4 heteroatoms. The second-order valence-electron chi connectivity index (χ2n) is 19.4. The average Bonchev–Trinajstić information content (AvgIpc) is 3.76. The second-order valence-corrected chi connectivity index (χ2v) is 19.4. The minimum absolute atomic E-state index is 0.0751. The molecule has 0 radical (unpaired) electrons. The first-order chi connectivity index (χ1) is 39.0. The van der Waals surface area contributed by atoms with E-state index in [1.807, 2.05) is 24.3 Å². The van der Waals surface area contributed by atoms with Crippen LogP contribution in [0.5, 0.6) is 0 Å². The molecule has 0 N–H and O–H groups in total. The van der Waals surface area contributed by atoms with Gasteiger partial charge in [-0.05, 0) is 187 Å². The van der Waals surface area contributed by atoms with E-state index in [2.05, 4.69) is 326 Å². The predicted molar refractivity (Wildman–Crippen MR) is 341 cm³/mol. The number of hydrogen-bond acceptors (Lipinski definition) is 4. The standard InChI is InChI=1S/C75H66N4/c1-5-8-14-26-58(4)76(65-32-17-11-18-33-65)68-48-50-72(51-49-68)79(75-39-25-31-63(56-75)59(7-3)27-9-6-2)70-46-42-62(43-47-70)61-40-44-69(45-41-61)78(74-38-24-23-30-64(57-74)60-28-15-10-16-29-60)73-54-52-71(53-55-73)77(66-34-19-12-20-35-66)67-36-21-13-22-37-67/h5-22,24-56,74H,1-2,23,57H2,3-4H3/b14-8-,27-9-,58-26+,59-7+. The fourth-order valence-corrected chi connectivity index (χ4v) is 10.4. The number of hydrogen-bond donors (Lipinski definition) is 0. The molecule has 0 aliphatic heterocycles. The molecule has 1 unspecified atom stereocenters. The number of allylic oxidation sites excluding steroid dienone is 12. The molecule has 4 nitrogen and oxygen atoms in total. The molecule has 0 heterocycles. The molecule has 10 rings (SSSR count). The van der Waals surface area contributed by atoms with E-state index in [0.717, 1.165) is 97.7 Å². The van der Waals surface area contributed by atoms with Crippen LogP contribution in [0.2, 0.25) is 0 Å². The molecular formula is C75H66N4. The smallest absolute Gasteiger partial charge is 0.0562 e. The van der Waals surface area contributed by atoms with Crippen LogP contribution in [0.15, 0.2) is 328 Å². The van der Waals surface area contributed by atoms with Gasteiger partial charge >= 0.3 is 0 Å². The van der Waals surface area contributed by atoms with E-state index >= 15 is 0 Å². The zero-order chi connectivity index (χ0) is 54.2. The highest BCUT2D eigenvalue weighted by Gasteiger charge is 2.24. The van der Waals surface area contributed by atoms with Gasteiger partial charge in [0.25, 0.3) is 0 Å². The zero-order valence-corrected chi connectivity index (χ0v) is 45.1. The van der Waals surface area contributed by atoms with Gasteiger partial charge in [0.1, 0.15) is 0 Å². The highest BCUT2D eigenvalue weighted by Crippen LogP contribution is 2.42. The van der Waals surface area contributed by atoms with Gasteiger partial charge in [-0.3, -0.25) is 0 Å². The van der Waals surface area contributed by atoms with Gasteiger partial charge in [-0.25, -0.2) is 0 Å². The third kappa shape index (κ3) is 12.5. The van der Waals surface area contributed by atoms with Crippen molar-refractivity contribution in [2.24, 2.45) is 0 Å². The second kappa shape index (κ2) is 25.8. The molecule has 0 fully saturated rings. The largest absolute Gasteiger partial charge is 0.334 e. The summed E-state index contributed by atoms with van der Waals surface area (Å²) in [4.78, 5) is 9.44. The predicted octanol–water partition coefficient (Wildman–Crippen LogP) is 21.2. The number of rotatable bonds is 19. The Labute approximate surface area is 468 Å². The maximum absolute atomic E-state index is 3.92. The molecular weight excluding hydrogens is 957 g/mol. The van der Waals surface area contributed by atoms with Crippen LogP contribution >= 0.6 is 0 Å². The normalized spacial score (nSPS) is 13.6. The van der Waals surface area contributed by atoms with Crippen LogP contribution in [0.3, 0.4) is 0 Å². The summed E-state index contributed by atoms with van der Waals surface area (Å²) in [6.07, 6.45) is 24.8. The molecule has 0 saturated carbocycles. The summed E-state index contributed by atoms with van der Waals surface area (Å²) in [5.74, 6) is 0. The Hall–Kier alpha value is -9.90. The van der Waals surface area contributed by atoms with E-state index in [4.69, 9.17) is 0 Å². The van der Waals surface area contributed by atoms with E-state index in [1.165, 1.54) is 11.1 Å². The SMILES string of the molecule is C=C/C=C\C=C(/C)N(c1ccccc1)c1ccc(N(c2ccc(-c3ccc(N(c4ccc(N(c5ccccc5)c5ccccc5)cc4)C4C=CCC=C(c5ccccc5)C4)cc3)cc2)c2cccc(C(/C=C\C=C)=C/C)c2)cc1. The van der Waals surface area contributed by atoms with Crippen LogP contribution in [0.4, 0.5) is 56.9 Å². The third-order valence-corrected chi connectivity index (χ3v) is 14.3. The first-order valence-corrected chi connectivity index (χ1v) is 27.2. The van der Waals surface area contributed by atoms with Crippen molar-refractivity contribution in [1.82, 2.24) is 0 Å². The van der Waals surface area contributed by atoms with Crippen LogP contribution < -0.4 is 19.6 Å². The van der Waals surface area contributed by atoms with E-state index in [9.17, 15) is 0 Å². The van der Waals surface area contributed by atoms with Gasteiger partial charge in [-0.2, -0.15) is 0 Å². The Morgan fingerprint density at radius 1 is 0.443 bits per heavy atom. The summed E-state index contributed by atoms with van der Waals surface area (Å²) in [7, 11) is 0. The van der Waals surface area contributed by atoms with Gasteiger partial charge < -0.3 is 19.6 Å². The highest BCUT2D eigenvalue weighted by atomic mass is 15.2. The van der Waals surface area contributed by atoms with Gasteiger partial charge in [0, 0.05) is 62.6 Å². The summed E-state index contributed by atoms with van der Waals surface area (Å²) in [6.45, 7) is 12.0.